The summed E-state index contributed by atoms with van der Waals surface area (Å²) < 4.78 is 27.4. The van der Waals surface area contributed by atoms with Crippen molar-refractivity contribution < 1.29 is 28.0 Å². The quantitative estimate of drug-likeness (QED) is 0.162. The van der Waals surface area contributed by atoms with Crippen LogP contribution in [0.1, 0.15) is 45.5 Å². The van der Waals surface area contributed by atoms with Crippen LogP contribution in [0.5, 0.6) is 0 Å². The van der Waals surface area contributed by atoms with Gasteiger partial charge in [-0.05, 0) is 94.0 Å². The number of rotatable bonds is 6. The summed E-state index contributed by atoms with van der Waals surface area (Å²) in [5, 5.41) is 9.92. The van der Waals surface area contributed by atoms with Gasteiger partial charge in [-0.15, -0.1) is 11.3 Å². The van der Waals surface area contributed by atoms with Crippen LogP contribution in [-0.2, 0) is 45.2 Å². The van der Waals surface area contributed by atoms with Gasteiger partial charge in [-0.1, -0.05) is 78.9 Å². The molecule has 10 heteroatoms. The normalized spacial score (nSPS) is 16.7. The number of benzene rings is 3. The Labute approximate surface area is 284 Å². The van der Waals surface area contributed by atoms with Crippen molar-refractivity contribution in [3.05, 3.63) is 129 Å². The second-order valence-corrected chi connectivity index (χ2v) is 15.1. The van der Waals surface area contributed by atoms with E-state index in [0.29, 0.717) is 5.06 Å². The fourth-order valence-corrected chi connectivity index (χ4v) is 8.57. The lowest BCUT2D eigenvalue weighted by Gasteiger charge is -2.26. The van der Waals surface area contributed by atoms with Gasteiger partial charge in [0.2, 0.25) is 5.91 Å². The van der Waals surface area contributed by atoms with E-state index in [-0.39, 0.29) is 13.0 Å². The van der Waals surface area contributed by atoms with E-state index in [4.69, 9.17) is 10.5 Å². The molecule has 48 heavy (non-hydrogen) atoms. The number of ether oxygens (including phenoxy) is 1. The molecule has 1 aliphatic heterocycles. The summed E-state index contributed by atoms with van der Waals surface area (Å²) in [6.07, 6.45) is 10.3. The van der Waals surface area contributed by atoms with Crippen LogP contribution in [0.2, 0.25) is 0 Å². The molecule has 246 valence electrons. The van der Waals surface area contributed by atoms with Crippen molar-refractivity contribution in [2.24, 2.45) is 5.73 Å². The second kappa shape index (κ2) is 14.1. The highest BCUT2D eigenvalue weighted by atomic mass is 32.2. The van der Waals surface area contributed by atoms with Crippen LogP contribution >= 0.6 is 11.3 Å². The maximum atomic E-state index is 11.5. The summed E-state index contributed by atoms with van der Waals surface area (Å²) in [7, 11) is -2.04. The molecule has 0 radical (unpaired) electrons. The van der Waals surface area contributed by atoms with Gasteiger partial charge in [0, 0.05) is 28.6 Å². The number of thiophene rings is 1. The Hall–Kier alpha value is -4.77. The predicted molar refractivity (Wildman–Crippen MR) is 190 cm³/mol. The molecule has 3 aliphatic rings. The highest BCUT2D eigenvalue weighted by Gasteiger charge is 2.24. The Morgan fingerprint density at radius 3 is 2.50 bits per heavy atom. The lowest BCUT2D eigenvalue weighted by molar-refractivity contribution is -0.117. The highest BCUT2D eigenvalue weighted by Crippen LogP contribution is 2.42. The maximum Gasteiger partial charge on any atom is 0.433 e. The van der Waals surface area contributed by atoms with E-state index >= 15 is 0 Å². The van der Waals surface area contributed by atoms with Crippen LogP contribution in [0.15, 0.2) is 96.4 Å². The lowest BCUT2D eigenvalue weighted by Crippen LogP contribution is -2.25. The van der Waals surface area contributed by atoms with Gasteiger partial charge in [0.15, 0.2) is 9.84 Å². The number of aryl methyl sites for hydroxylation is 1. The number of hydrogen-bond donors (Lipinski definition) is 2. The molecule has 1 unspecified atom stereocenters. The summed E-state index contributed by atoms with van der Waals surface area (Å²) in [5.74, 6) is -0.608. The minimum Gasteiger partial charge on any atom is -0.443 e. The standard InChI is InChI=1S/C31H27NO3S.C7H9NO3S/c1-32(34)31(33)35-19-20-5-4-7-23(17-20)29-15-16-30(36-29)24-11-12-26-22(18-24)10-14-27-25-8-3-2-6-21(25)9-13-28(26)27;8-7(9)5-6-3-1-2-4-12(6,10)11/h2-8,10,14-18,34H,9,11-13,19H2,1H3;1-4,6H,5H2,(H2,8,9). The first-order valence-corrected chi connectivity index (χ1v) is 18.1. The smallest absolute Gasteiger partial charge is 0.433 e. The Morgan fingerprint density at radius 2 is 1.71 bits per heavy atom. The molecule has 1 aromatic heterocycles. The van der Waals surface area contributed by atoms with E-state index < -0.39 is 27.1 Å². The lowest BCUT2D eigenvalue weighted by atomic mass is 9.78. The zero-order valence-corrected chi connectivity index (χ0v) is 28.1. The molecule has 8 nitrogen and oxygen atoms in total. The first-order chi connectivity index (χ1) is 23.1. The van der Waals surface area contributed by atoms with E-state index in [2.05, 4.69) is 60.7 Å². The first kappa shape index (κ1) is 33.1. The number of hydrogen-bond acceptors (Lipinski definition) is 7. The number of hydroxylamine groups is 2. The summed E-state index contributed by atoms with van der Waals surface area (Å²) in [6.45, 7) is 0.118. The van der Waals surface area contributed by atoms with Crippen molar-refractivity contribution in [3.63, 3.8) is 0 Å². The zero-order valence-electron chi connectivity index (χ0n) is 26.5. The average Bonchev–Trinajstić information content (AvgIpc) is 3.58. The van der Waals surface area contributed by atoms with Crippen molar-refractivity contribution in [3.8, 4) is 21.6 Å². The topological polar surface area (TPSA) is 127 Å². The van der Waals surface area contributed by atoms with Gasteiger partial charge >= 0.3 is 6.09 Å². The first-order valence-electron chi connectivity index (χ1n) is 15.7. The van der Waals surface area contributed by atoms with Gasteiger partial charge in [-0.2, -0.15) is 5.06 Å². The number of allylic oxidation sites excluding steroid dienone is 3. The third-order valence-electron chi connectivity index (χ3n) is 8.68. The van der Waals surface area contributed by atoms with E-state index in [1.54, 1.807) is 23.0 Å². The minimum absolute atomic E-state index is 0.118. The molecule has 0 saturated carbocycles. The summed E-state index contributed by atoms with van der Waals surface area (Å²) in [4.78, 5) is 24.5. The third-order valence-corrected chi connectivity index (χ3v) is 11.6. The van der Waals surface area contributed by atoms with Gasteiger partial charge in [0.1, 0.15) is 6.61 Å². The fourth-order valence-electron chi connectivity index (χ4n) is 6.31. The van der Waals surface area contributed by atoms with Gasteiger partial charge in [-0.25, -0.2) is 13.2 Å². The minimum atomic E-state index is -3.29. The average molecular weight is 681 g/mol. The number of fused-ring (bicyclic) bond motifs is 5. The van der Waals surface area contributed by atoms with Gasteiger partial charge in [0.25, 0.3) is 0 Å². The molecule has 4 aromatic rings. The Morgan fingerprint density at radius 1 is 0.917 bits per heavy atom. The molecule has 2 aliphatic carbocycles. The molecule has 2 amide bonds. The van der Waals surface area contributed by atoms with Crippen LogP contribution in [-0.4, -0.2) is 43.0 Å². The molecule has 2 heterocycles. The van der Waals surface area contributed by atoms with Crippen molar-refractivity contribution in [1.29, 1.82) is 0 Å². The Bertz CT molecular complexity index is 2070. The summed E-state index contributed by atoms with van der Waals surface area (Å²) >= 11 is 1.80. The van der Waals surface area contributed by atoms with Crippen molar-refractivity contribution in [2.75, 3.05) is 7.05 Å². The van der Waals surface area contributed by atoms with Crippen molar-refractivity contribution >= 4 is 44.8 Å². The molecule has 3 N–H and O–H groups in total. The van der Waals surface area contributed by atoms with Crippen molar-refractivity contribution in [2.45, 2.75) is 44.0 Å². The molecule has 0 fully saturated rings. The second-order valence-electron chi connectivity index (χ2n) is 11.9. The van der Waals surface area contributed by atoms with E-state index in [9.17, 15) is 23.2 Å². The number of amides is 2. The molecular weight excluding hydrogens is 645 g/mol. The zero-order chi connectivity index (χ0) is 33.8. The largest absolute Gasteiger partial charge is 0.443 e. The van der Waals surface area contributed by atoms with Crippen LogP contribution < -0.4 is 5.73 Å². The maximum absolute atomic E-state index is 11.5. The monoisotopic (exact) mass is 680 g/mol. The van der Waals surface area contributed by atoms with E-state index in [1.807, 2.05) is 18.2 Å². The van der Waals surface area contributed by atoms with E-state index in [0.717, 1.165) is 42.2 Å². The number of carbonyl (C=O) groups is 2. The number of nitrogens with two attached hydrogens (primary N) is 1. The van der Waals surface area contributed by atoms with Crippen LogP contribution in [0.4, 0.5) is 4.79 Å². The highest BCUT2D eigenvalue weighted by molar-refractivity contribution is 7.95. The molecule has 1 atom stereocenters. The van der Waals surface area contributed by atoms with Crippen molar-refractivity contribution in [1.82, 2.24) is 5.06 Å². The molecule has 3 aromatic carbocycles. The predicted octanol–water partition coefficient (Wildman–Crippen LogP) is 7.35. The molecule has 0 bridgehead atoms. The molecule has 0 spiro atoms. The fraction of sp³-hybridized carbons (Fsp3) is 0.211. The van der Waals surface area contributed by atoms with Gasteiger partial charge in [-0.3, -0.25) is 10.0 Å². The number of nitrogens with zero attached hydrogens (tertiary/aromatic N) is 1. The number of carbonyl (C=O) groups excluding carboxylic acids is 2. The van der Waals surface area contributed by atoms with Crippen LogP contribution in [0.3, 0.4) is 0 Å². The number of sulfone groups is 1. The van der Waals surface area contributed by atoms with E-state index in [1.165, 1.54) is 62.3 Å². The van der Waals surface area contributed by atoms with Crippen LogP contribution in [0, 0.1) is 0 Å². The Balaban J connectivity index is 0.000000284. The number of primary amides is 1. The molecular formula is C38H36N2O6S2. The van der Waals surface area contributed by atoms with Gasteiger partial charge in [0.05, 0.1) is 5.25 Å². The Kier molecular flexibility index (Phi) is 9.77. The summed E-state index contributed by atoms with van der Waals surface area (Å²) in [5.41, 5.74) is 17.0. The summed E-state index contributed by atoms with van der Waals surface area (Å²) in [6, 6.07) is 25.8. The van der Waals surface area contributed by atoms with Crippen LogP contribution in [0.25, 0.3) is 33.2 Å². The third kappa shape index (κ3) is 7.36. The SMILES string of the molecule is CN(O)C(=O)OCc1cccc(-c2ccc(C3=Cc4ccc5c(c4CC3)CCc3ccccc3-5)s2)c1.NC(=O)CC1C=CC=CS1(=O)=O. The molecule has 7 rings (SSSR count). The molecule has 0 saturated heterocycles. The van der Waals surface area contributed by atoms with Gasteiger partial charge < -0.3 is 10.5 Å².